The van der Waals surface area contributed by atoms with Crippen LogP contribution in [0.25, 0.3) is 0 Å². The molecule has 2 amide bonds. The number of hydrogen-bond donors (Lipinski definition) is 2. The number of carbonyl (C=O) groups is 2. The third-order valence-corrected chi connectivity index (χ3v) is 4.09. The maximum absolute atomic E-state index is 12.1. The minimum Gasteiger partial charge on any atom is -0.481 e. The molecule has 18 heavy (non-hydrogen) atoms. The van der Waals surface area contributed by atoms with Crippen molar-refractivity contribution in [1.29, 1.82) is 0 Å². The highest BCUT2D eigenvalue weighted by Gasteiger charge is 2.34. The first-order valence-electron chi connectivity index (χ1n) is 6.84. The number of nitrogens with one attached hydrogen (secondary N) is 1. The smallest absolute Gasteiger partial charge is 0.317 e. The molecule has 0 aromatic rings. The van der Waals surface area contributed by atoms with E-state index >= 15 is 0 Å². The third kappa shape index (κ3) is 3.37. The lowest BCUT2D eigenvalue weighted by Gasteiger charge is -2.35. The van der Waals surface area contributed by atoms with Crippen LogP contribution < -0.4 is 5.32 Å². The lowest BCUT2D eigenvalue weighted by molar-refractivity contribution is -0.138. The normalized spacial score (nSPS) is 30.9. The third-order valence-electron chi connectivity index (χ3n) is 4.09. The van der Waals surface area contributed by atoms with E-state index in [2.05, 4.69) is 12.2 Å². The van der Waals surface area contributed by atoms with Crippen LogP contribution >= 0.6 is 0 Å². The molecule has 1 saturated carbocycles. The molecule has 0 spiro atoms. The Kier molecular flexibility index (Phi) is 4.09. The Morgan fingerprint density at radius 2 is 2.11 bits per heavy atom. The van der Waals surface area contributed by atoms with Gasteiger partial charge in [-0.15, -0.1) is 0 Å². The van der Waals surface area contributed by atoms with Crippen molar-refractivity contribution >= 4 is 12.0 Å². The Hall–Kier alpha value is -1.26. The van der Waals surface area contributed by atoms with Crippen molar-refractivity contribution in [2.24, 2.45) is 11.8 Å². The van der Waals surface area contributed by atoms with Crippen LogP contribution in [0.15, 0.2) is 0 Å². The molecule has 102 valence electrons. The monoisotopic (exact) mass is 254 g/mol. The number of nitrogens with zero attached hydrogens (tertiary/aromatic N) is 1. The molecule has 5 heteroatoms. The van der Waals surface area contributed by atoms with E-state index < -0.39 is 5.97 Å². The Morgan fingerprint density at radius 1 is 1.39 bits per heavy atom. The van der Waals surface area contributed by atoms with E-state index in [9.17, 15) is 9.59 Å². The fourth-order valence-corrected chi connectivity index (χ4v) is 2.69. The fraction of sp³-hybridized carbons (Fsp3) is 0.846. The Bertz CT molecular complexity index is 332. The minimum absolute atomic E-state index is 0.0627. The predicted octanol–water partition coefficient (Wildman–Crippen LogP) is 1.68. The summed E-state index contributed by atoms with van der Waals surface area (Å²) in [5, 5.41) is 11.8. The zero-order chi connectivity index (χ0) is 13.1. The number of carboxylic acids is 1. The van der Waals surface area contributed by atoms with E-state index in [4.69, 9.17) is 5.11 Å². The summed E-state index contributed by atoms with van der Waals surface area (Å²) in [6, 6.07) is -0.215. The zero-order valence-electron chi connectivity index (χ0n) is 10.9. The van der Waals surface area contributed by atoms with Crippen molar-refractivity contribution in [3.8, 4) is 0 Å². The van der Waals surface area contributed by atoms with Gasteiger partial charge in [0.05, 0.1) is 6.42 Å². The molecule has 2 fully saturated rings. The average Bonchev–Trinajstić information content (AvgIpc) is 3.02. The molecule has 2 rings (SSSR count). The van der Waals surface area contributed by atoms with Crippen LogP contribution in [0.1, 0.15) is 39.0 Å². The highest BCUT2D eigenvalue weighted by Crippen LogP contribution is 2.36. The van der Waals surface area contributed by atoms with E-state index in [1.165, 1.54) is 6.42 Å². The van der Waals surface area contributed by atoms with Crippen LogP contribution in [-0.4, -0.2) is 41.1 Å². The molecule has 2 N–H and O–H groups in total. The molecule has 3 atom stereocenters. The summed E-state index contributed by atoms with van der Waals surface area (Å²) in [5.74, 6) is 0.522. The van der Waals surface area contributed by atoms with Gasteiger partial charge in [0, 0.05) is 19.1 Å². The summed E-state index contributed by atoms with van der Waals surface area (Å²) in [7, 11) is 0. The van der Waals surface area contributed by atoms with Crippen LogP contribution in [-0.2, 0) is 4.79 Å². The Morgan fingerprint density at radius 3 is 2.72 bits per heavy atom. The van der Waals surface area contributed by atoms with Crippen LogP contribution in [0, 0.1) is 11.8 Å². The number of likely N-dealkylation sites (tertiary alicyclic amines) is 1. The molecule has 3 unspecified atom stereocenters. The second kappa shape index (κ2) is 5.59. The Labute approximate surface area is 108 Å². The second-order valence-corrected chi connectivity index (χ2v) is 5.60. The number of carbonyl (C=O) groups excluding carboxylic acids is 1. The number of amides is 2. The molecular weight excluding hydrogens is 232 g/mol. The molecule has 0 aromatic heterocycles. The fourth-order valence-electron chi connectivity index (χ4n) is 2.69. The molecule has 1 aliphatic carbocycles. The van der Waals surface area contributed by atoms with Gasteiger partial charge < -0.3 is 15.3 Å². The lowest BCUT2D eigenvalue weighted by atomic mass is 10.00. The van der Waals surface area contributed by atoms with Gasteiger partial charge in [-0.05, 0) is 37.5 Å². The summed E-state index contributed by atoms with van der Waals surface area (Å²) in [6.07, 6.45) is 4.05. The van der Waals surface area contributed by atoms with Gasteiger partial charge in [-0.1, -0.05) is 6.92 Å². The summed E-state index contributed by atoms with van der Waals surface area (Å²) >= 11 is 0. The van der Waals surface area contributed by atoms with Crippen molar-refractivity contribution in [1.82, 2.24) is 10.2 Å². The van der Waals surface area contributed by atoms with Gasteiger partial charge in [0.25, 0.3) is 0 Å². The van der Waals surface area contributed by atoms with E-state index in [-0.39, 0.29) is 18.5 Å². The van der Waals surface area contributed by atoms with Gasteiger partial charge in [-0.25, -0.2) is 4.79 Å². The second-order valence-electron chi connectivity index (χ2n) is 5.60. The number of aliphatic carboxylic acids is 1. The standard InChI is InChI=1S/C13H22N2O3/c1-9-6-10(9)8-14-13(18)15-5-3-2-4-11(15)7-12(16)17/h9-11H,2-8H2,1H3,(H,14,18)(H,16,17). The number of piperidine rings is 1. The Balaban J connectivity index is 1.82. The minimum atomic E-state index is -0.824. The lowest BCUT2D eigenvalue weighted by Crippen LogP contribution is -2.49. The van der Waals surface area contributed by atoms with Crippen LogP contribution in [0.4, 0.5) is 4.79 Å². The number of urea groups is 1. The van der Waals surface area contributed by atoms with Crippen molar-refractivity contribution in [3.63, 3.8) is 0 Å². The molecule has 2 aliphatic rings. The first kappa shape index (κ1) is 13.2. The topological polar surface area (TPSA) is 69.6 Å². The highest BCUT2D eigenvalue weighted by atomic mass is 16.4. The predicted molar refractivity (Wildman–Crippen MR) is 67.3 cm³/mol. The van der Waals surface area contributed by atoms with Crippen molar-refractivity contribution < 1.29 is 14.7 Å². The van der Waals surface area contributed by atoms with E-state index in [0.29, 0.717) is 12.5 Å². The molecule has 1 heterocycles. The van der Waals surface area contributed by atoms with Crippen molar-refractivity contribution in [2.45, 2.75) is 45.1 Å². The van der Waals surface area contributed by atoms with Crippen molar-refractivity contribution in [3.05, 3.63) is 0 Å². The summed E-state index contributed by atoms with van der Waals surface area (Å²) in [5.41, 5.74) is 0. The zero-order valence-corrected chi connectivity index (χ0v) is 10.9. The van der Waals surface area contributed by atoms with Gasteiger partial charge in [0.1, 0.15) is 0 Å². The van der Waals surface area contributed by atoms with Gasteiger partial charge in [0.2, 0.25) is 0 Å². The summed E-state index contributed by atoms with van der Waals surface area (Å²) in [4.78, 5) is 24.6. The molecule has 1 aliphatic heterocycles. The molecule has 5 nitrogen and oxygen atoms in total. The maximum Gasteiger partial charge on any atom is 0.317 e. The number of carboxylic acid groups (broad SMARTS) is 1. The van der Waals surface area contributed by atoms with E-state index in [0.717, 1.165) is 31.7 Å². The van der Waals surface area contributed by atoms with Crippen LogP contribution in [0.5, 0.6) is 0 Å². The quantitative estimate of drug-likeness (QED) is 0.802. The average molecular weight is 254 g/mol. The molecule has 0 aromatic carbocycles. The van der Waals surface area contributed by atoms with Gasteiger partial charge in [0.15, 0.2) is 0 Å². The van der Waals surface area contributed by atoms with Gasteiger partial charge in [-0.3, -0.25) is 4.79 Å². The number of rotatable bonds is 4. The summed E-state index contributed by atoms with van der Waals surface area (Å²) in [6.45, 7) is 3.60. The van der Waals surface area contributed by atoms with Gasteiger partial charge in [-0.2, -0.15) is 0 Å². The molecule has 0 bridgehead atoms. The molecule has 0 radical (unpaired) electrons. The molecular formula is C13H22N2O3. The van der Waals surface area contributed by atoms with Gasteiger partial charge >= 0.3 is 12.0 Å². The number of hydrogen-bond acceptors (Lipinski definition) is 2. The first-order chi connectivity index (χ1) is 8.58. The first-order valence-corrected chi connectivity index (χ1v) is 6.84. The highest BCUT2D eigenvalue weighted by molar-refractivity contribution is 5.76. The van der Waals surface area contributed by atoms with Crippen molar-refractivity contribution in [2.75, 3.05) is 13.1 Å². The van der Waals surface area contributed by atoms with Crippen LogP contribution in [0.2, 0.25) is 0 Å². The molecule has 1 saturated heterocycles. The maximum atomic E-state index is 12.1. The summed E-state index contributed by atoms with van der Waals surface area (Å²) < 4.78 is 0. The largest absolute Gasteiger partial charge is 0.481 e. The van der Waals surface area contributed by atoms with Crippen LogP contribution in [0.3, 0.4) is 0 Å². The SMILES string of the molecule is CC1CC1CNC(=O)N1CCCCC1CC(=O)O. The van der Waals surface area contributed by atoms with E-state index in [1.54, 1.807) is 4.90 Å². The van der Waals surface area contributed by atoms with E-state index in [1.807, 2.05) is 0 Å².